The molecule has 1 aromatic carbocycles. The Kier molecular flexibility index (Phi) is 5.59. The fourth-order valence-corrected chi connectivity index (χ4v) is 4.09. The average Bonchev–Trinajstić information content (AvgIpc) is 2.83. The first kappa shape index (κ1) is 21.4. The molecule has 4 aromatic rings. The second kappa shape index (κ2) is 8.86. The van der Waals surface area contributed by atoms with Gasteiger partial charge in [0.05, 0.1) is 24.7 Å². The van der Waals surface area contributed by atoms with Crippen molar-refractivity contribution in [3.05, 3.63) is 90.1 Å². The number of ether oxygens (including phenoxy) is 2. The number of fused-ring (bicyclic) bond motifs is 2. The molecule has 7 nitrogen and oxygen atoms in total. The molecule has 3 aromatic heterocycles. The predicted molar refractivity (Wildman–Crippen MR) is 121 cm³/mol. The van der Waals surface area contributed by atoms with E-state index in [0.717, 1.165) is 17.3 Å². The maximum absolute atomic E-state index is 14.4. The molecule has 1 atom stereocenters. The Bertz CT molecular complexity index is 1400. The number of benzene rings is 1. The molecule has 5 rings (SSSR count). The monoisotopic (exact) mass is 459 g/mol. The summed E-state index contributed by atoms with van der Waals surface area (Å²) in [6, 6.07) is 11.6. The number of nitrogens with one attached hydrogen (secondary N) is 1. The number of amidine groups is 1. The Balaban J connectivity index is 1.60. The lowest BCUT2D eigenvalue weighted by Crippen LogP contribution is -2.18. The molecule has 170 valence electrons. The first-order valence-electron chi connectivity index (χ1n) is 10.5. The molecular formula is C25H19F2N5O2. The molecular weight excluding hydrogens is 440 g/mol. The van der Waals surface area contributed by atoms with Crippen LogP contribution < -0.4 is 10.5 Å². The van der Waals surface area contributed by atoms with E-state index in [1.807, 2.05) is 12.1 Å². The number of aromatic nitrogens is 3. The van der Waals surface area contributed by atoms with E-state index in [-0.39, 0.29) is 18.5 Å². The van der Waals surface area contributed by atoms with E-state index in [9.17, 15) is 8.78 Å². The van der Waals surface area contributed by atoms with Crippen LogP contribution >= 0.6 is 0 Å². The summed E-state index contributed by atoms with van der Waals surface area (Å²) in [6.45, 7) is 0.184. The van der Waals surface area contributed by atoms with Gasteiger partial charge in [0.25, 0.3) is 6.02 Å². The van der Waals surface area contributed by atoms with Crippen LogP contribution in [0.5, 0.6) is 11.5 Å². The van der Waals surface area contributed by atoms with Gasteiger partial charge in [-0.1, -0.05) is 6.07 Å². The van der Waals surface area contributed by atoms with Crippen molar-refractivity contribution in [1.29, 1.82) is 5.41 Å². The minimum Gasteiger partial charge on any atom is -0.466 e. The number of nitrogens with two attached hydrogens (primary N) is 1. The van der Waals surface area contributed by atoms with Gasteiger partial charge in [0.1, 0.15) is 17.3 Å². The van der Waals surface area contributed by atoms with E-state index in [2.05, 4.69) is 15.0 Å². The number of rotatable bonds is 5. The van der Waals surface area contributed by atoms with Gasteiger partial charge in [-0.05, 0) is 48.4 Å². The zero-order valence-corrected chi connectivity index (χ0v) is 17.8. The van der Waals surface area contributed by atoms with Crippen LogP contribution in [0.2, 0.25) is 0 Å². The summed E-state index contributed by atoms with van der Waals surface area (Å²) in [5.74, 6) is -0.112. The lowest BCUT2D eigenvalue weighted by molar-refractivity contribution is 0.280. The van der Waals surface area contributed by atoms with Crippen LogP contribution in [-0.2, 0) is 4.74 Å². The normalized spacial score (nSPS) is 14.0. The second-order valence-corrected chi connectivity index (χ2v) is 7.75. The van der Waals surface area contributed by atoms with Crippen molar-refractivity contribution >= 4 is 6.02 Å². The Hall–Kier alpha value is -4.40. The van der Waals surface area contributed by atoms with Crippen molar-refractivity contribution in [3.63, 3.8) is 0 Å². The van der Waals surface area contributed by atoms with Crippen molar-refractivity contribution < 1.29 is 18.3 Å². The zero-order chi connectivity index (χ0) is 23.7. The second-order valence-electron chi connectivity index (χ2n) is 7.75. The van der Waals surface area contributed by atoms with Crippen LogP contribution in [-0.4, -0.2) is 27.6 Å². The van der Waals surface area contributed by atoms with Crippen molar-refractivity contribution in [2.45, 2.75) is 12.3 Å². The van der Waals surface area contributed by atoms with E-state index in [1.165, 1.54) is 18.5 Å². The fraction of sp³-hybridized carbons (Fsp3) is 0.120. The third-order valence-corrected chi connectivity index (χ3v) is 5.61. The summed E-state index contributed by atoms with van der Waals surface area (Å²) in [5.41, 5.74) is 9.06. The molecule has 0 radical (unpaired) electrons. The number of hydrogen-bond acceptors (Lipinski definition) is 6. The molecule has 9 heteroatoms. The summed E-state index contributed by atoms with van der Waals surface area (Å²) in [6.07, 6.45) is 6.11. The molecule has 0 saturated carbocycles. The highest BCUT2D eigenvalue weighted by molar-refractivity contribution is 5.69. The van der Waals surface area contributed by atoms with E-state index >= 15 is 0 Å². The standard InChI is InChI=1S/C25H19F2N5O2/c26-16-8-15(11-30-12-16)21-10-20-18(5-7-33-25(28)29)19-9-14(17-2-1-6-31-24(17)27)3-4-22(19)34-23(20)13-32-21/h1-4,6,8-13,18H,5,7H2,(H3,28,29)/t18-/m1/s1. The van der Waals surface area contributed by atoms with Gasteiger partial charge in [-0.25, -0.2) is 9.37 Å². The maximum Gasteiger partial charge on any atom is 0.278 e. The molecule has 4 heterocycles. The van der Waals surface area contributed by atoms with Gasteiger partial charge >= 0.3 is 0 Å². The van der Waals surface area contributed by atoms with Crippen molar-refractivity contribution in [3.8, 4) is 33.9 Å². The first-order valence-corrected chi connectivity index (χ1v) is 10.5. The lowest BCUT2D eigenvalue weighted by atomic mass is 9.84. The molecule has 34 heavy (non-hydrogen) atoms. The number of pyridine rings is 3. The maximum atomic E-state index is 14.4. The molecule has 0 aliphatic carbocycles. The smallest absolute Gasteiger partial charge is 0.278 e. The summed E-state index contributed by atoms with van der Waals surface area (Å²) in [5, 5.41) is 7.37. The third kappa shape index (κ3) is 4.15. The Labute approximate surface area is 193 Å². The third-order valence-electron chi connectivity index (χ3n) is 5.61. The van der Waals surface area contributed by atoms with Crippen LogP contribution in [0.15, 0.2) is 67.3 Å². The summed E-state index contributed by atoms with van der Waals surface area (Å²) in [7, 11) is 0. The Morgan fingerprint density at radius 2 is 1.85 bits per heavy atom. The van der Waals surface area contributed by atoms with Crippen LogP contribution in [0.3, 0.4) is 0 Å². The van der Waals surface area contributed by atoms with Crippen LogP contribution in [0.25, 0.3) is 22.4 Å². The highest BCUT2D eigenvalue weighted by atomic mass is 19.1. The van der Waals surface area contributed by atoms with Gasteiger partial charge in [-0.2, -0.15) is 4.39 Å². The molecule has 0 saturated heterocycles. The minimum atomic E-state index is -0.568. The highest BCUT2D eigenvalue weighted by Crippen LogP contribution is 2.47. The summed E-state index contributed by atoms with van der Waals surface area (Å²) >= 11 is 0. The molecule has 0 fully saturated rings. The van der Waals surface area contributed by atoms with Gasteiger partial charge < -0.3 is 15.2 Å². The topological polar surface area (TPSA) is 107 Å². The van der Waals surface area contributed by atoms with Crippen LogP contribution in [0.4, 0.5) is 8.78 Å². The molecule has 1 aliphatic heterocycles. The molecule has 0 bridgehead atoms. The van der Waals surface area contributed by atoms with Gasteiger partial charge in [0.15, 0.2) is 0 Å². The van der Waals surface area contributed by atoms with Crippen LogP contribution in [0.1, 0.15) is 23.5 Å². The van der Waals surface area contributed by atoms with Gasteiger partial charge in [0, 0.05) is 40.6 Å². The SMILES string of the molecule is N=C(N)OCC[C@@H]1c2cc(-c3cccnc3F)ccc2Oc2cnc(-c3cncc(F)c3)cc21. The van der Waals surface area contributed by atoms with Gasteiger partial charge in [-0.15, -0.1) is 0 Å². The van der Waals surface area contributed by atoms with Crippen molar-refractivity contribution in [2.75, 3.05) is 6.61 Å². The Morgan fingerprint density at radius 3 is 2.65 bits per heavy atom. The highest BCUT2D eigenvalue weighted by Gasteiger charge is 2.29. The molecule has 3 N–H and O–H groups in total. The van der Waals surface area contributed by atoms with E-state index in [0.29, 0.717) is 40.3 Å². The molecule has 0 unspecified atom stereocenters. The zero-order valence-electron chi connectivity index (χ0n) is 17.8. The molecule has 1 aliphatic rings. The van der Waals surface area contributed by atoms with Gasteiger partial charge in [0.2, 0.25) is 5.95 Å². The predicted octanol–water partition coefficient (Wildman–Crippen LogP) is 5.02. The van der Waals surface area contributed by atoms with Gasteiger partial charge in [-0.3, -0.25) is 15.4 Å². The molecule has 0 spiro atoms. The quantitative estimate of drug-likeness (QED) is 0.247. The summed E-state index contributed by atoms with van der Waals surface area (Å²) < 4.78 is 39.4. The summed E-state index contributed by atoms with van der Waals surface area (Å²) in [4.78, 5) is 12.1. The van der Waals surface area contributed by atoms with Crippen LogP contribution in [0, 0.1) is 17.2 Å². The van der Waals surface area contributed by atoms with E-state index in [1.54, 1.807) is 30.5 Å². The number of halogens is 2. The number of hydrogen-bond donors (Lipinski definition) is 2. The Morgan fingerprint density at radius 1 is 1.00 bits per heavy atom. The number of nitrogens with zero attached hydrogens (tertiary/aromatic N) is 3. The minimum absolute atomic E-state index is 0.184. The van der Waals surface area contributed by atoms with Crippen molar-refractivity contribution in [1.82, 2.24) is 15.0 Å². The lowest BCUT2D eigenvalue weighted by Gasteiger charge is -2.29. The van der Waals surface area contributed by atoms with Crippen molar-refractivity contribution in [2.24, 2.45) is 5.73 Å². The average molecular weight is 459 g/mol. The fourth-order valence-electron chi connectivity index (χ4n) is 4.09. The largest absolute Gasteiger partial charge is 0.466 e. The van der Waals surface area contributed by atoms with E-state index in [4.69, 9.17) is 20.6 Å². The molecule has 0 amide bonds. The van der Waals surface area contributed by atoms with E-state index < -0.39 is 11.8 Å². The first-order chi connectivity index (χ1) is 16.5.